The Kier molecular flexibility index (Phi) is 4.39. The Morgan fingerprint density at radius 3 is 2.57 bits per heavy atom. The van der Waals surface area contributed by atoms with Crippen molar-refractivity contribution < 1.29 is 4.74 Å². The second-order valence-corrected chi connectivity index (χ2v) is 5.56. The van der Waals surface area contributed by atoms with Crippen molar-refractivity contribution in [3.8, 4) is 17.0 Å². The summed E-state index contributed by atoms with van der Waals surface area (Å²) in [5.41, 5.74) is 3.16. The molecule has 4 nitrogen and oxygen atoms in total. The van der Waals surface area contributed by atoms with E-state index in [-0.39, 0.29) is 5.56 Å². The fourth-order valence-corrected chi connectivity index (χ4v) is 2.71. The van der Waals surface area contributed by atoms with Gasteiger partial charge in [-0.2, -0.15) is 0 Å². The van der Waals surface area contributed by atoms with Crippen LogP contribution in [0.15, 0.2) is 59.4 Å². The van der Waals surface area contributed by atoms with Crippen LogP contribution >= 0.6 is 12.2 Å². The Morgan fingerprint density at radius 2 is 1.83 bits per heavy atom. The number of aromatic amines is 2. The van der Waals surface area contributed by atoms with Gasteiger partial charge in [-0.1, -0.05) is 42.5 Å². The summed E-state index contributed by atoms with van der Waals surface area (Å²) in [7, 11) is 1.63. The number of rotatable bonds is 4. The largest absolute Gasteiger partial charge is 0.497 e. The minimum atomic E-state index is -0.171. The summed E-state index contributed by atoms with van der Waals surface area (Å²) < 4.78 is 5.57. The number of H-pyrrole nitrogens is 2. The number of hydrogen-bond donors (Lipinski definition) is 2. The van der Waals surface area contributed by atoms with Crippen molar-refractivity contribution in [2.75, 3.05) is 7.11 Å². The van der Waals surface area contributed by atoms with Crippen LogP contribution in [0.5, 0.6) is 5.75 Å². The highest BCUT2D eigenvalue weighted by molar-refractivity contribution is 7.71. The van der Waals surface area contributed by atoms with E-state index in [0.717, 1.165) is 22.6 Å². The van der Waals surface area contributed by atoms with Crippen molar-refractivity contribution in [1.29, 1.82) is 0 Å². The first-order valence-electron chi connectivity index (χ1n) is 7.21. The SMILES string of the molecule is COc1cccc(Cc2c(-c3ccccc3)[nH]c(=S)[nH]c2=O)c1. The maximum Gasteiger partial charge on any atom is 0.255 e. The normalized spacial score (nSPS) is 10.5. The minimum absolute atomic E-state index is 0.171. The van der Waals surface area contributed by atoms with Crippen molar-refractivity contribution >= 4 is 12.2 Å². The van der Waals surface area contributed by atoms with Gasteiger partial charge in [0.2, 0.25) is 0 Å². The molecule has 23 heavy (non-hydrogen) atoms. The van der Waals surface area contributed by atoms with E-state index in [2.05, 4.69) is 9.97 Å². The van der Waals surface area contributed by atoms with Crippen LogP contribution in [0.2, 0.25) is 0 Å². The van der Waals surface area contributed by atoms with Gasteiger partial charge in [-0.3, -0.25) is 9.78 Å². The lowest BCUT2D eigenvalue weighted by atomic mass is 10.0. The lowest BCUT2D eigenvalue weighted by Crippen LogP contribution is -2.16. The van der Waals surface area contributed by atoms with Gasteiger partial charge in [-0.15, -0.1) is 0 Å². The molecule has 0 bridgehead atoms. The zero-order chi connectivity index (χ0) is 16.2. The summed E-state index contributed by atoms with van der Waals surface area (Å²) in [6.45, 7) is 0. The molecule has 2 aromatic carbocycles. The lowest BCUT2D eigenvalue weighted by molar-refractivity contribution is 0.414. The standard InChI is InChI=1S/C18H16N2O2S/c1-22-14-9-5-6-12(10-14)11-15-16(13-7-3-2-4-8-13)19-18(23)20-17(15)21/h2-10H,11H2,1H3,(H2,19,20,21,23). The number of ether oxygens (including phenoxy) is 1. The molecular formula is C18H16N2O2S. The Bertz CT molecular complexity index is 929. The number of nitrogens with one attached hydrogen (secondary N) is 2. The molecule has 0 radical (unpaired) electrons. The van der Waals surface area contributed by atoms with E-state index in [1.807, 2.05) is 54.6 Å². The third kappa shape index (κ3) is 3.40. The van der Waals surface area contributed by atoms with Gasteiger partial charge in [0.25, 0.3) is 5.56 Å². The first kappa shape index (κ1) is 15.2. The first-order valence-corrected chi connectivity index (χ1v) is 7.62. The molecule has 5 heteroatoms. The Labute approximate surface area is 138 Å². The molecule has 3 aromatic rings. The highest BCUT2D eigenvalue weighted by Gasteiger charge is 2.11. The zero-order valence-corrected chi connectivity index (χ0v) is 13.4. The van der Waals surface area contributed by atoms with Crippen LogP contribution in [-0.4, -0.2) is 17.1 Å². The predicted octanol–water partition coefficient (Wildman–Crippen LogP) is 3.70. The quantitative estimate of drug-likeness (QED) is 0.720. The Balaban J connectivity index is 2.11. The molecule has 0 fully saturated rings. The van der Waals surface area contributed by atoms with Crippen LogP contribution < -0.4 is 10.3 Å². The molecule has 0 aliphatic carbocycles. The topological polar surface area (TPSA) is 57.9 Å². The third-order valence-corrected chi connectivity index (χ3v) is 3.82. The second-order valence-electron chi connectivity index (χ2n) is 5.16. The van der Waals surface area contributed by atoms with Gasteiger partial charge >= 0.3 is 0 Å². The summed E-state index contributed by atoms with van der Waals surface area (Å²) in [6.07, 6.45) is 0.489. The van der Waals surface area contributed by atoms with Gasteiger partial charge < -0.3 is 9.72 Å². The number of benzene rings is 2. The average Bonchev–Trinajstić information content (AvgIpc) is 2.58. The molecule has 3 rings (SSSR count). The summed E-state index contributed by atoms with van der Waals surface area (Å²) >= 11 is 5.12. The van der Waals surface area contributed by atoms with E-state index in [1.54, 1.807) is 7.11 Å². The van der Waals surface area contributed by atoms with Crippen LogP contribution in [-0.2, 0) is 6.42 Å². The van der Waals surface area contributed by atoms with E-state index in [4.69, 9.17) is 17.0 Å². The van der Waals surface area contributed by atoms with Gasteiger partial charge in [0.05, 0.1) is 12.8 Å². The van der Waals surface area contributed by atoms with E-state index >= 15 is 0 Å². The molecule has 0 saturated heterocycles. The summed E-state index contributed by atoms with van der Waals surface area (Å²) in [5, 5.41) is 0. The lowest BCUT2D eigenvalue weighted by Gasteiger charge is -2.10. The van der Waals surface area contributed by atoms with Gasteiger partial charge in [0, 0.05) is 12.0 Å². The Hall–Kier alpha value is -2.66. The third-order valence-electron chi connectivity index (χ3n) is 3.62. The molecule has 0 amide bonds. The van der Waals surface area contributed by atoms with E-state index < -0.39 is 0 Å². The highest BCUT2D eigenvalue weighted by Crippen LogP contribution is 2.22. The van der Waals surface area contributed by atoms with E-state index in [1.165, 1.54) is 0 Å². The highest BCUT2D eigenvalue weighted by atomic mass is 32.1. The van der Waals surface area contributed by atoms with E-state index in [0.29, 0.717) is 16.8 Å². The molecule has 116 valence electrons. The average molecular weight is 324 g/mol. The summed E-state index contributed by atoms with van der Waals surface area (Å²) in [4.78, 5) is 18.2. The molecule has 0 saturated carbocycles. The molecule has 0 aliphatic rings. The smallest absolute Gasteiger partial charge is 0.255 e. The molecule has 1 aromatic heterocycles. The van der Waals surface area contributed by atoms with Gasteiger partial charge in [-0.25, -0.2) is 0 Å². The fraction of sp³-hybridized carbons (Fsp3) is 0.111. The monoisotopic (exact) mass is 324 g/mol. The maximum atomic E-state index is 12.4. The molecule has 1 heterocycles. The van der Waals surface area contributed by atoms with Gasteiger partial charge in [0.1, 0.15) is 5.75 Å². The van der Waals surface area contributed by atoms with Crippen LogP contribution in [0.1, 0.15) is 11.1 Å². The maximum absolute atomic E-state index is 12.4. The van der Waals surface area contributed by atoms with Gasteiger partial charge in [-0.05, 0) is 35.5 Å². The van der Waals surface area contributed by atoms with Gasteiger partial charge in [0.15, 0.2) is 4.77 Å². The van der Waals surface area contributed by atoms with Crippen LogP contribution in [0.25, 0.3) is 11.3 Å². The van der Waals surface area contributed by atoms with Crippen LogP contribution in [0.3, 0.4) is 0 Å². The molecule has 2 N–H and O–H groups in total. The molecular weight excluding hydrogens is 308 g/mol. The van der Waals surface area contributed by atoms with Crippen molar-refractivity contribution in [3.05, 3.63) is 80.8 Å². The molecule has 0 spiro atoms. The fourth-order valence-electron chi connectivity index (χ4n) is 2.52. The van der Waals surface area contributed by atoms with Crippen molar-refractivity contribution in [3.63, 3.8) is 0 Å². The van der Waals surface area contributed by atoms with E-state index in [9.17, 15) is 4.79 Å². The predicted molar refractivity (Wildman–Crippen MR) is 93.5 cm³/mol. The number of hydrogen-bond acceptors (Lipinski definition) is 3. The van der Waals surface area contributed by atoms with Crippen LogP contribution in [0, 0.1) is 4.77 Å². The minimum Gasteiger partial charge on any atom is -0.497 e. The summed E-state index contributed by atoms with van der Waals surface area (Å²) in [5.74, 6) is 0.768. The second kappa shape index (κ2) is 6.62. The van der Waals surface area contributed by atoms with Crippen molar-refractivity contribution in [2.24, 2.45) is 0 Å². The first-order chi connectivity index (χ1) is 11.2. The van der Waals surface area contributed by atoms with Crippen molar-refractivity contribution in [1.82, 2.24) is 9.97 Å². The molecule has 0 unspecified atom stereocenters. The molecule has 0 atom stereocenters. The molecule has 0 aliphatic heterocycles. The Morgan fingerprint density at radius 1 is 1.04 bits per heavy atom. The summed E-state index contributed by atoms with van der Waals surface area (Å²) in [6, 6.07) is 17.4. The number of methoxy groups -OCH3 is 1. The zero-order valence-electron chi connectivity index (χ0n) is 12.6. The van der Waals surface area contributed by atoms with Crippen molar-refractivity contribution in [2.45, 2.75) is 6.42 Å². The number of aromatic nitrogens is 2. The van der Waals surface area contributed by atoms with Crippen LogP contribution in [0.4, 0.5) is 0 Å².